The average Bonchev–Trinajstić information content (AvgIpc) is 2.08. The fourth-order valence-electron chi connectivity index (χ4n) is 0.885. The van der Waals surface area contributed by atoms with E-state index in [4.69, 9.17) is 11.6 Å². The van der Waals surface area contributed by atoms with Crippen LogP contribution in [0.5, 0.6) is 0 Å². The fourth-order valence-corrected chi connectivity index (χ4v) is 0.885. The van der Waals surface area contributed by atoms with Crippen LogP contribution in [0.2, 0.25) is 0 Å². The summed E-state index contributed by atoms with van der Waals surface area (Å²) in [6.45, 7) is 0. The van der Waals surface area contributed by atoms with E-state index in [9.17, 15) is 10.1 Å². The predicted molar refractivity (Wildman–Crippen MR) is 49.3 cm³/mol. The number of benzene rings is 1. The number of anilines is 1. The molecule has 0 radical (unpaired) electrons. The number of nitrogens with two attached hydrogens (primary N) is 2. The molecule has 0 aliphatic heterocycles. The van der Waals surface area contributed by atoms with Crippen LogP contribution in [0.15, 0.2) is 23.3 Å². The van der Waals surface area contributed by atoms with Crippen LogP contribution in [-0.4, -0.2) is 11.1 Å². The summed E-state index contributed by atoms with van der Waals surface area (Å²) in [5.41, 5.74) is 5.90. The summed E-state index contributed by atoms with van der Waals surface area (Å²) in [4.78, 5) is 9.88. The Kier molecular flexibility index (Phi) is 2.44. The number of nitrogens with zero attached hydrogens (tertiary/aromatic N) is 2. The molecule has 0 amide bonds. The first-order valence-corrected chi connectivity index (χ1v) is 3.42. The van der Waals surface area contributed by atoms with Gasteiger partial charge < -0.3 is 11.6 Å². The van der Waals surface area contributed by atoms with Gasteiger partial charge in [0.2, 0.25) is 0 Å². The Morgan fingerprint density at radius 3 is 2.77 bits per heavy atom. The quantitative estimate of drug-likeness (QED) is 0.227. The minimum atomic E-state index is -0.552. The third kappa shape index (κ3) is 1.92. The van der Waals surface area contributed by atoms with Crippen LogP contribution in [0.25, 0.3) is 0 Å². The topological polar surface area (TPSA) is 108 Å². The molecular formula is C7H8N4O2. The molecule has 0 saturated carbocycles. The van der Waals surface area contributed by atoms with Crippen molar-refractivity contribution in [3.8, 4) is 0 Å². The van der Waals surface area contributed by atoms with Crippen molar-refractivity contribution >= 4 is 17.6 Å². The number of hydrogen-bond acceptors (Lipinski definition) is 5. The highest BCUT2D eigenvalue weighted by molar-refractivity contribution is 5.82. The highest BCUT2D eigenvalue weighted by atomic mass is 16.6. The first-order chi connectivity index (χ1) is 6.15. The van der Waals surface area contributed by atoms with E-state index in [0.29, 0.717) is 5.56 Å². The van der Waals surface area contributed by atoms with Crippen molar-refractivity contribution in [2.24, 2.45) is 10.9 Å². The van der Waals surface area contributed by atoms with Gasteiger partial charge in [0, 0.05) is 11.6 Å². The maximum Gasteiger partial charge on any atom is 0.292 e. The zero-order chi connectivity index (χ0) is 9.84. The molecule has 6 heteroatoms. The van der Waals surface area contributed by atoms with Crippen LogP contribution in [0.4, 0.5) is 11.4 Å². The van der Waals surface area contributed by atoms with Gasteiger partial charge in [-0.1, -0.05) is 6.07 Å². The van der Waals surface area contributed by atoms with Crippen LogP contribution < -0.4 is 11.6 Å². The van der Waals surface area contributed by atoms with Crippen molar-refractivity contribution in [1.29, 1.82) is 0 Å². The summed E-state index contributed by atoms with van der Waals surface area (Å²) in [7, 11) is 0. The van der Waals surface area contributed by atoms with E-state index in [0.717, 1.165) is 0 Å². The third-order valence-electron chi connectivity index (χ3n) is 1.47. The lowest BCUT2D eigenvalue weighted by atomic mass is 10.2. The van der Waals surface area contributed by atoms with E-state index < -0.39 is 4.92 Å². The van der Waals surface area contributed by atoms with Crippen molar-refractivity contribution in [3.63, 3.8) is 0 Å². The molecule has 0 saturated heterocycles. The minimum Gasteiger partial charge on any atom is -0.393 e. The summed E-state index contributed by atoms with van der Waals surface area (Å²) in [5, 5.41) is 13.7. The van der Waals surface area contributed by atoms with Crippen LogP contribution >= 0.6 is 0 Å². The van der Waals surface area contributed by atoms with E-state index in [2.05, 4.69) is 5.10 Å². The highest BCUT2D eigenvalue weighted by Gasteiger charge is 2.10. The molecule has 1 aromatic carbocycles. The second-order valence-corrected chi connectivity index (χ2v) is 2.35. The van der Waals surface area contributed by atoms with Gasteiger partial charge >= 0.3 is 0 Å². The molecule has 1 rings (SSSR count). The molecule has 0 atom stereocenters. The standard InChI is InChI=1S/C7H8N4O2/c8-6-2-1-5(4-10-9)3-7(6)11(12)13/h1-4H,8-9H2/b10-4+. The number of hydrazone groups is 1. The molecule has 0 unspecified atom stereocenters. The monoisotopic (exact) mass is 180 g/mol. The van der Waals surface area contributed by atoms with Crippen molar-refractivity contribution in [1.82, 2.24) is 0 Å². The van der Waals surface area contributed by atoms with Crippen LogP contribution in [-0.2, 0) is 0 Å². The van der Waals surface area contributed by atoms with Crippen molar-refractivity contribution < 1.29 is 4.92 Å². The van der Waals surface area contributed by atoms with Gasteiger partial charge in [-0.25, -0.2) is 0 Å². The van der Waals surface area contributed by atoms with E-state index in [1.54, 1.807) is 6.07 Å². The van der Waals surface area contributed by atoms with Gasteiger partial charge in [-0.3, -0.25) is 10.1 Å². The lowest BCUT2D eigenvalue weighted by Gasteiger charge is -1.97. The molecule has 0 fully saturated rings. The predicted octanol–water partition coefficient (Wildman–Crippen LogP) is 0.470. The van der Waals surface area contributed by atoms with Gasteiger partial charge in [-0.2, -0.15) is 5.10 Å². The molecule has 0 heterocycles. The number of nitro benzene ring substituents is 1. The van der Waals surface area contributed by atoms with E-state index in [-0.39, 0.29) is 11.4 Å². The maximum atomic E-state index is 10.4. The summed E-state index contributed by atoms with van der Waals surface area (Å²) in [6, 6.07) is 4.35. The molecule has 4 N–H and O–H groups in total. The van der Waals surface area contributed by atoms with Gasteiger partial charge in [0.15, 0.2) is 0 Å². The molecule has 0 bridgehead atoms. The molecule has 0 spiro atoms. The molecule has 0 aliphatic rings. The molecule has 68 valence electrons. The molecule has 1 aromatic rings. The van der Waals surface area contributed by atoms with Crippen LogP contribution in [0.1, 0.15) is 5.56 Å². The van der Waals surface area contributed by atoms with Crippen molar-refractivity contribution in [3.05, 3.63) is 33.9 Å². The van der Waals surface area contributed by atoms with Gasteiger partial charge in [0.1, 0.15) is 5.69 Å². The summed E-state index contributed by atoms with van der Waals surface area (Å²) < 4.78 is 0. The van der Waals surface area contributed by atoms with Crippen LogP contribution in [0, 0.1) is 10.1 Å². The second-order valence-electron chi connectivity index (χ2n) is 2.35. The molecule has 13 heavy (non-hydrogen) atoms. The lowest BCUT2D eigenvalue weighted by Crippen LogP contribution is -1.97. The molecule has 0 aromatic heterocycles. The normalized spacial score (nSPS) is 10.5. The number of rotatable bonds is 2. The number of hydrogen-bond donors (Lipinski definition) is 2. The third-order valence-corrected chi connectivity index (χ3v) is 1.47. The Morgan fingerprint density at radius 2 is 2.23 bits per heavy atom. The Hall–Kier alpha value is -2.11. The van der Waals surface area contributed by atoms with E-state index in [1.165, 1.54) is 18.3 Å². The number of nitrogen functional groups attached to an aromatic ring is 1. The van der Waals surface area contributed by atoms with Gasteiger partial charge in [-0.05, 0) is 6.07 Å². The highest BCUT2D eigenvalue weighted by Crippen LogP contribution is 2.21. The summed E-state index contributed by atoms with van der Waals surface area (Å²) >= 11 is 0. The number of nitro groups is 1. The first-order valence-electron chi connectivity index (χ1n) is 3.42. The second kappa shape index (κ2) is 3.53. The van der Waals surface area contributed by atoms with E-state index in [1.807, 2.05) is 0 Å². The molecule has 6 nitrogen and oxygen atoms in total. The Morgan fingerprint density at radius 1 is 1.54 bits per heavy atom. The summed E-state index contributed by atoms with van der Waals surface area (Å²) in [6.07, 6.45) is 1.31. The SMILES string of the molecule is N/N=C/c1ccc(N)c([N+](=O)[O-])c1. The molecule has 0 aliphatic carbocycles. The van der Waals surface area contributed by atoms with Gasteiger partial charge in [0.25, 0.3) is 5.69 Å². The zero-order valence-corrected chi connectivity index (χ0v) is 6.68. The van der Waals surface area contributed by atoms with Gasteiger partial charge in [0.05, 0.1) is 11.1 Å². The average molecular weight is 180 g/mol. The zero-order valence-electron chi connectivity index (χ0n) is 6.68. The van der Waals surface area contributed by atoms with Crippen LogP contribution in [0.3, 0.4) is 0 Å². The lowest BCUT2D eigenvalue weighted by molar-refractivity contribution is -0.383. The summed E-state index contributed by atoms with van der Waals surface area (Å²) in [5.74, 6) is 4.89. The van der Waals surface area contributed by atoms with Crippen molar-refractivity contribution in [2.45, 2.75) is 0 Å². The van der Waals surface area contributed by atoms with E-state index >= 15 is 0 Å². The van der Waals surface area contributed by atoms with Crippen molar-refractivity contribution in [2.75, 3.05) is 5.73 Å². The smallest absolute Gasteiger partial charge is 0.292 e. The Balaban J connectivity index is 3.18. The van der Waals surface area contributed by atoms with Gasteiger partial charge in [-0.15, -0.1) is 0 Å². The largest absolute Gasteiger partial charge is 0.393 e. The molecular weight excluding hydrogens is 172 g/mol. The Bertz CT molecular complexity index is 362. The maximum absolute atomic E-state index is 10.4. The first kappa shape index (κ1) is 8.98. The fraction of sp³-hybridized carbons (Fsp3) is 0. The minimum absolute atomic E-state index is 0.124. The Labute approximate surface area is 74.0 Å².